The van der Waals surface area contributed by atoms with Crippen molar-refractivity contribution in [1.29, 1.82) is 0 Å². The van der Waals surface area contributed by atoms with Crippen LogP contribution >= 0.6 is 11.5 Å². The lowest BCUT2D eigenvalue weighted by molar-refractivity contribution is -0.114. The highest BCUT2D eigenvalue weighted by Crippen LogP contribution is 2.26. The summed E-state index contributed by atoms with van der Waals surface area (Å²) in [6, 6.07) is 4.95. The van der Waals surface area contributed by atoms with E-state index in [1.165, 1.54) is 49.3 Å². The number of carbonyl (C=O) groups excluding carboxylic acids is 1. The average molecular weight is 568 g/mol. The van der Waals surface area contributed by atoms with Gasteiger partial charge in [0, 0.05) is 48.2 Å². The summed E-state index contributed by atoms with van der Waals surface area (Å²) in [4.78, 5) is 30.4. The molecule has 4 N–H and O–H groups in total. The second-order valence-corrected chi connectivity index (χ2v) is 10.6. The molecule has 0 spiro atoms. The third-order valence-corrected chi connectivity index (χ3v) is 7.44. The Morgan fingerprint density at radius 1 is 1.25 bits per heavy atom. The summed E-state index contributed by atoms with van der Waals surface area (Å²) >= 11 is 1.37. The number of nitrogens with zero attached hydrogens (tertiary/aromatic N) is 6. The quantitative estimate of drug-likeness (QED) is 0.420. The number of halogens is 2. The highest BCUT2D eigenvalue weighted by Gasteiger charge is 2.34. The van der Waals surface area contributed by atoms with Crippen molar-refractivity contribution in [3.8, 4) is 0 Å². The molecule has 3 aliphatic heterocycles. The summed E-state index contributed by atoms with van der Waals surface area (Å²) in [5.74, 6) is -1.18. The Morgan fingerprint density at radius 3 is 2.85 bits per heavy atom. The van der Waals surface area contributed by atoms with Gasteiger partial charge >= 0.3 is 0 Å². The maximum absolute atomic E-state index is 13.4. The summed E-state index contributed by atoms with van der Waals surface area (Å²) in [5.41, 5.74) is 8.67. The van der Waals surface area contributed by atoms with Crippen molar-refractivity contribution in [2.24, 2.45) is 20.7 Å². The van der Waals surface area contributed by atoms with Gasteiger partial charge in [0.1, 0.15) is 11.5 Å². The van der Waals surface area contributed by atoms with Crippen molar-refractivity contribution in [3.05, 3.63) is 65.3 Å². The topological polar surface area (TPSA) is 124 Å². The van der Waals surface area contributed by atoms with Gasteiger partial charge in [-0.05, 0) is 62.6 Å². The number of hydrogen-bond donors (Lipinski definition) is 3. The highest BCUT2D eigenvalue weighted by molar-refractivity contribution is 7.10. The van der Waals surface area contributed by atoms with Gasteiger partial charge in [0.25, 0.3) is 0 Å². The minimum absolute atomic E-state index is 0.148. The third-order valence-electron chi connectivity index (χ3n) is 6.71. The van der Waals surface area contributed by atoms with Crippen LogP contribution in [-0.4, -0.2) is 70.2 Å². The van der Waals surface area contributed by atoms with Crippen LogP contribution in [0.1, 0.15) is 31.9 Å². The number of piperidine rings is 1. The smallest absolute Gasteiger partial charge is 0.246 e. The Morgan fingerprint density at radius 2 is 2.08 bits per heavy atom. The summed E-state index contributed by atoms with van der Waals surface area (Å²) < 4.78 is 31.1. The second-order valence-electron chi connectivity index (χ2n) is 9.79. The van der Waals surface area contributed by atoms with Gasteiger partial charge in [0.2, 0.25) is 5.91 Å². The monoisotopic (exact) mass is 567 g/mol. The number of allylic oxidation sites excluding steroid dienone is 1. The van der Waals surface area contributed by atoms with Gasteiger partial charge < -0.3 is 21.3 Å². The molecule has 3 aliphatic rings. The first-order valence-electron chi connectivity index (χ1n) is 13.1. The van der Waals surface area contributed by atoms with Crippen molar-refractivity contribution in [2.75, 3.05) is 31.5 Å². The van der Waals surface area contributed by atoms with Crippen molar-refractivity contribution in [1.82, 2.24) is 19.5 Å². The van der Waals surface area contributed by atoms with E-state index in [4.69, 9.17) is 15.7 Å². The second kappa shape index (κ2) is 12.5. The number of amides is 1. The summed E-state index contributed by atoms with van der Waals surface area (Å²) in [6.45, 7) is 5.22. The fraction of sp³-hybridized carbons (Fsp3) is 0.370. The molecule has 0 aliphatic carbocycles. The molecule has 0 saturated carbocycles. The number of anilines is 1. The van der Waals surface area contributed by atoms with Crippen LogP contribution in [-0.2, 0) is 11.3 Å². The van der Waals surface area contributed by atoms with E-state index >= 15 is 0 Å². The van der Waals surface area contributed by atoms with Crippen molar-refractivity contribution in [3.63, 3.8) is 0 Å². The highest BCUT2D eigenvalue weighted by atomic mass is 32.1. The van der Waals surface area contributed by atoms with Crippen molar-refractivity contribution >= 4 is 46.0 Å². The number of amidine groups is 2. The van der Waals surface area contributed by atoms with Gasteiger partial charge in [-0.25, -0.2) is 13.8 Å². The molecule has 1 amide bonds. The largest absolute Gasteiger partial charge is 0.404 e. The number of nitrogens with two attached hydrogens (primary N) is 1. The SMILES string of the molecule is CC1=CN2C(=NCC2C(C=NCC(=O)Nc2ccc(F)c(F)c2)=CN)C(=Nc2cc(CN3CCCCC3)ns2)N1. The van der Waals surface area contributed by atoms with Crippen molar-refractivity contribution < 1.29 is 13.6 Å². The molecule has 1 aromatic carbocycles. The number of fused-ring (bicyclic) bond motifs is 1. The Bertz CT molecular complexity index is 1410. The number of hydrogen-bond acceptors (Lipinski definition) is 9. The van der Waals surface area contributed by atoms with E-state index in [0.717, 1.165) is 48.2 Å². The van der Waals surface area contributed by atoms with E-state index in [1.54, 1.807) is 0 Å². The molecule has 2 aromatic rings. The molecule has 4 heterocycles. The molecular formula is C27H31F2N9OS. The first-order chi connectivity index (χ1) is 19.4. The van der Waals surface area contributed by atoms with E-state index in [0.29, 0.717) is 23.8 Å². The summed E-state index contributed by atoms with van der Waals surface area (Å²) in [7, 11) is 0. The molecule has 0 radical (unpaired) electrons. The fourth-order valence-corrected chi connectivity index (χ4v) is 5.44. The van der Waals surface area contributed by atoms with Gasteiger partial charge in [-0.1, -0.05) is 6.42 Å². The average Bonchev–Trinajstić information content (AvgIpc) is 3.56. The van der Waals surface area contributed by atoms with Crippen LogP contribution in [0.2, 0.25) is 0 Å². The molecule has 1 unspecified atom stereocenters. The predicted molar refractivity (Wildman–Crippen MR) is 154 cm³/mol. The van der Waals surface area contributed by atoms with Crippen molar-refractivity contribution in [2.45, 2.75) is 38.8 Å². The summed E-state index contributed by atoms with van der Waals surface area (Å²) in [6.07, 6.45) is 8.69. The zero-order valence-electron chi connectivity index (χ0n) is 22.1. The van der Waals surface area contributed by atoms with E-state index < -0.39 is 17.5 Å². The Kier molecular flexibility index (Phi) is 8.60. The van der Waals surface area contributed by atoms with Crippen LogP contribution in [0.5, 0.6) is 0 Å². The first-order valence-corrected chi connectivity index (χ1v) is 13.9. The zero-order valence-corrected chi connectivity index (χ0v) is 22.9. The van der Waals surface area contributed by atoms with Gasteiger partial charge in [-0.15, -0.1) is 0 Å². The van der Waals surface area contributed by atoms with Gasteiger partial charge in [-0.2, -0.15) is 4.37 Å². The first kappa shape index (κ1) is 27.6. The number of nitrogens with one attached hydrogen (secondary N) is 2. The molecule has 5 rings (SSSR count). The molecule has 1 saturated heterocycles. The van der Waals surface area contributed by atoms with Gasteiger partial charge in [0.15, 0.2) is 23.3 Å². The fourth-order valence-electron chi connectivity index (χ4n) is 4.80. The Labute approximate surface area is 235 Å². The number of benzene rings is 1. The number of carbonyl (C=O) groups is 1. The molecule has 13 heteroatoms. The molecule has 10 nitrogen and oxygen atoms in total. The lowest BCUT2D eigenvalue weighted by Crippen LogP contribution is -2.46. The van der Waals surface area contributed by atoms with Crippen LogP contribution in [0, 0.1) is 11.6 Å². The van der Waals surface area contributed by atoms with Crippen LogP contribution in [0.15, 0.2) is 62.9 Å². The number of aromatic nitrogens is 1. The lowest BCUT2D eigenvalue weighted by atomic mass is 10.1. The maximum Gasteiger partial charge on any atom is 0.246 e. The van der Waals surface area contributed by atoms with E-state index in [1.807, 2.05) is 24.1 Å². The van der Waals surface area contributed by atoms with Crippen LogP contribution < -0.4 is 16.4 Å². The van der Waals surface area contributed by atoms with Gasteiger partial charge in [0.05, 0.1) is 18.3 Å². The number of likely N-dealkylation sites (tertiary alicyclic amines) is 1. The van der Waals surface area contributed by atoms with Crippen LogP contribution in [0.25, 0.3) is 0 Å². The Balaban J connectivity index is 1.22. The standard InChI is InChI=1S/C27H31F2N9OS/c1-17-15-38-23(18(11-30)12-31-14-24(39)34-19-5-6-21(28)22(29)9-19)13-32-27(38)26(33-17)35-25-10-20(36-40-25)16-37-7-3-2-4-8-37/h5-6,9-12,15,23H,2-4,7-8,13-14,16,30H2,1H3,(H,33,35)(H,34,39). The van der Waals surface area contributed by atoms with E-state index in [2.05, 4.69) is 24.9 Å². The molecule has 210 valence electrons. The molecule has 40 heavy (non-hydrogen) atoms. The normalized spacial score (nSPS) is 20.9. The molecule has 1 atom stereocenters. The molecule has 1 fully saturated rings. The third kappa shape index (κ3) is 6.59. The molecule has 1 aromatic heterocycles. The molecular weight excluding hydrogens is 536 g/mol. The maximum atomic E-state index is 13.4. The summed E-state index contributed by atoms with van der Waals surface area (Å²) in [5, 5.41) is 6.61. The number of rotatable bonds is 8. The molecule has 0 bridgehead atoms. The minimum Gasteiger partial charge on any atom is -0.404 e. The minimum atomic E-state index is -1.04. The lowest BCUT2D eigenvalue weighted by Gasteiger charge is -2.30. The van der Waals surface area contributed by atoms with Gasteiger partial charge in [-0.3, -0.25) is 19.7 Å². The van der Waals surface area contributed by atoms with E-state index in [-0.39, 0.29) is 18.3 Å². The predicted octanol–water partition coefficient (Wildman–Crippen LogP) is 3.54. The Hall–Kier alpha value is -3.97. The van der Waals surface area contributed by atoms with Crippen LogP contribution in [0.3, 0.4) is 0 Å². The van der Waals surface area contributed by atoms with Crippen LogP contribution in [0.4, 0.5) is 19.5 Å². The number of aliphatic imine (C=N–C) groups is 3. The van der Waals surface area contributed by atoms with E-state index in [9.17, 15) is 13.6 Å². The zero-order chi connectivity index (χ0) is 28.1.